The van der Waals surface area contributed by atoms with E-state index < -0.39 is 15.9 Å². The first kappa shape index (κ1) is 23.6. The summed E-state index contributed by atoms with van der Waals surface area (Å²) in [6, 6.07) is 9.88. The summed E-state index contributed by atoms with van der Waals surface area (Å²) in [4.78, 5) is 12.0. The number of hydrogen-bond donors (Lipinski definition) is 2. The van der Waals surface area contributed by atoms with Crippen molar-refractivity contribution >= 4 is 15.9 Å². The van der Waals surface area contributed by atoms with Crippen molar-refractivity contribution in [1.82, 2.24) is 9.79 Å². The van der Waals surface area contributed by atoms with E-state index in [0.717, 1.165) is 0 Å². The van der Waals surface area contributed by atoms with Gasteiger partial charge in [0.15, 0.2) is 11.5 Å². The van der Waals surface area contributed by atoms with Gasteiger partial charge in [-0.2, -0.15) is 4.31 Å². The van der Waals surface area contributed by atoms with Gasteiger partial charge < -0.3 is 18.9 Å². The maximum atomic E-state index is 13.4. The fourth-order valence-electron chi connectivity index (χ4n) is 3.59. The molecule has 0 spiro atoms. The van der Waals surface area contributed by atoms with E-state index in [1.165, 1.54) is 36.1 Å². The van der Waals surface area contributed by atoms with Gasteiger partial charge in [-0.1, -0.05) is 6.07 Å². The second kappa shape index (κ2) is 10.1. The van der Waals surface area contributed by atoms with Crippen LogP contribution in [0.3, 0.4) is 0 Å². The van der Waals surface area contributed by atoms with Crippen molar-refractivity contribution < 1.29 is 38.8 Å². The molecule has 0 unspecified atom stereocenters. The number of carbonyl (C=O) groups is 1. The van der Waals surface area contributed by atoms with Crippen molar-refractivity contribution in [3.63, 3.8) is 0 Å². The van der Waals surface area contributed by atoms with E-state index in [9.17, 15) is 13.2 Å². The average Bonchev–Trinajstić information content (AvgIpc) is 2.82. The van der Waals surface area contributed by atoms with Crippen molar-refractivity contribution in [3.8, 4) is 23.0 Å². The first-order chi connectivity index (χ1) is 15.3. The molecule has 0 bridgehead atoms. The van der Waals surface area contributed by atoms with Gasteiger partial charge in [0, 0.05) is 20.6 Å². The standard InChI is InChI=1S/C21H26N2O8S.H2/c1-28-15-5-4-6-16(13-15)31-14-9-11-23(12-10-14)32(26,27)18-8-7-17(29-2)20(30-3)19(18)21(24)22-25;/h4-8,13-14,25H,9-12H2,1-3H3,(H,22,24);1H. The number of amides is 1. The van der Waals surface area contributed by atoms with Gasteiger partial charge in [0.2, 0.25) is 10.0 Å². The van der Waals surface area contributed by atoms with E-state index in [1.807, 2.05) is 18.2 Å². The van der Waals surface area contributed by atoms with Crippen LogP contribution in [-0.4, -0.2) is 64.4 Å². The summed E-state index contributed by atoms with van der Waals surface area (Å²) in [5, 5.41) is 9.15. The summed E-state index contributed by atoms with van der Waals surface area (Å²) in [7, 11) is 0.152. The van der Waals surface area contributed by atoms with Gasteiger partial charge in [-0.3, -0.25) is 10.0 Å². The Kier molecular flexibility index (Phi) is 7.44. The SMILES string of the molecule is COc1cccc(OC2CCN(S(=O)(=O)c3ccc(OC)c(OC)c3C(=O)NO)CC2)c1.[HH]. The van der Waals surface area contributed by atoms with Gasteiger partial charge in [0.1, 0.15) is 23.2 Å². The minimum absolute atomic E-state index is 0. The molecule has 32 heavy (non-hydrogen) atoms. The number of piperidine rings is 1. The number of hydrogen-bond acceptors (Lipinski definition) is 8. The highest BCUT2D eigenvalue weighted by Gasteiger charge is 2.35. The molecule has 0 saturated carbocycles. The Hall–Kier alpha value is -3.02. The van der Waals surface area contributed by atoms with E-state index >= 15 is 0 Å². The number of benzene rings is 2. The maximum Gasteiger partial charge on any atom is 0.279 e. The summed E-state index contributed by atoms with van der Waals surface area (Å²) in [6.07, 6.45) is 0.760. The predicted molar refractivity (Wildman–Crippen MR) is 116 cm³/mol. The lowest BCUT2D eigenvalue weighted by atomic mass is 10.1. The topological polar surface area (TPSA) is 124 Å². The number of rotatable bonds is 8. The van der Waals surface area contributed by atoms with E-state index in [1.54, 1.807) is 13.2 Å². The molecule has 1 saturated heterocycles. The molecular weight excluding hydrogens is 440 g/mol. The van der Waals surface area contributed by atoms with Crippen molar-refractivity contribution in [2.45, 2.75) is 23.8 Å². The minimum atomic E-state index is -4.06. The Balaban J connectivity index is 0.00000385. The molecule has 1 amide bonds. The van der Waals surface area contributed by atoms with Gasteiger partial charge in [-0.25, -0.2) is 13.9 Å². The molecule has 1 fully saturated rings. The smallest absolute Gasteiger partial charge is 0.279 e. The zero-order valence-electron chi connectivity index (χ0n) is 18.0. The number of carbonyl (C=O) groups excluding carboxylic acids is 1. The van der Waals surface area contributed by atoms with Crippen LogP contribution in [0.25, 0.3) is 0 Å². The lowest BCUT2D eigenvalue weighted by Crippen LogP contribution is -2.42. The van der Waals surface area contributed by atoms with Crippen molar-refractivity contribution in [3.05, 3.63) is 42.0 Å². The van der Waals surface area contributed by atoms with Crippen LogP contribution in [0.4, 0.5) is 0 Å². The van der Waals surface area contributed by atoms with Crippen molar-refractivity contribution in [2.24, 2.45) is 0 Å². The number of ether oxygens (including phenoxy) is 4. The molecule has 10 nitrogen and oxygen atoms in total. The molecule has 0 aromatic heterocycles. The van der Waals surface area contributed by atoms with Crippen LogP contribution in [0.1, 0.15) is 24.6 Å². The number of sulfonamides is 1. The number of nitrogens with one attached hydrogen (secondary N) is 1. The maximum absolute atomic E-state index is 13.4. The molecule has 1 aliphatic rings. The number of nitrogens with zero attached hydrogens (tertiary/aromatic N) is 1. The first-order valence-electron chi connectivity index (χ1n) is 9.86. The monoisotopic (exact) mass is 468 g/mol. The summed E-state index contributed by atoms with van der Waals surface area (Å²) in [5.74, 6) is 0.375. The molecule has 0 radical (unpaired) electrons. The average molecular weight is 469 g/mol. The minimum Gasteiger partial charge on any atom is -0.497 e. The van der Waals surface area contributed by atoms with Crippen LogP contribution in [0.5, 0.6) is 23.0 Å². The third-order valence-corrected chi connectivity index (χ3v) is 7.14. The van der Waals surface area contributed by atoms with Crippen molar-refractivity contribution in [1.29, 1.82) is 0 Å². The van der Waals surface area contributed by atoms with Crippen LogP contribution in [-0.2, 0) is 10.0 Å². The van der Waals surface area contributed by atoms with Gasteiger partial charge in [-0.05, 0) is 37.1 Å². The highest BCUT2D eigenvalue weighted by molar-refractivity contribution is 7.89. The third-order valence-electron chi connectivity index (χ3n) is 5.20. The summed E-state index contributed by atoms with van der Waals surface area (Å²) in [6.45, 7) is 0.400. The zero-order valence-corrected chi connectivity index (χ0v) is 18.8. The van der Waals surface area contributed by atoms with Crippen LogP contribution in [0.15, 0.2) is 41.3 Å². The van der Waals surface area contributed by atoms with Crippen LogP contribution < -0.4 is 24.4 Å². The first-order valence-corrected chi connectivity index (χ1v) is 11.3. The molecule has 1 aliphatic heterocycles. The van der Waals surface area contributed by atoms with E-state index in [-0.39, 0.29) is 42.6 Å². The van der Waals surface area contributed by atoms with Gasteiger partial charge >= 0.3 is 0 Å². The summed E-state index contributed by atoms with van der Waals surface area (Å²) in [5.41, 5.74) is 1.15. The second-order valence-corrected chi connectivity index (χ2v) is 8.92. The molecule has 2 aromatic carbocycles. The quantitative estimate of drug-likeness (QED) is 0.447. The van der Waals surface area contributed by atoms with Gasteiger partial charge in [0.25, 0.3) is 5.91 Å². The van der Waals surface area contributed by atoms with Gasteiger partial charge in [-0.15, -0.1) is 0 Å². The Bertz CT molecular complexity index is 1070. The van der Waals surface area contributed by atoms with Crippen molar-refractivity contribution in [2.75, 3.05) is 34.4 Å². The molecule has 1 heterocycles. The zero-order chi connectivity index (χ0) is 23.3. The molecule has 0 aliphatic carbocycles. The van der Waals surface area contributed by atoms with Crippen LogP contribution >= 0.6 is 0 Å². The van der Waals surface area contributed by atoms with E-state index in [2.05, 4.69) is 0 Å². The largest absolute Gasteiger partial charge is 0.497 e. The van der Waals surface area contributed by atoms with Gasteiger partial charge in [0.05, 0.1) is 26.2 Å². The fraction of sp³-hybridized carbons (Fsp3) is 0.381. The Morgan fingerprint density at radius 2 is 1.75 bits per heavy atom. The fourth-order valence-corrected chi connectivity index (χ4v) is 5.24. The van der Waals surface area contributed by atoms with E-state index in [0.29, 0.717) is 24.3 Å². The van der Waals surface area contributed by atoms with Crippen LogP contribution in [0.2, 0.25) is 0 Å². The molecule has 0 atom stereocenters. The van der Waals surface area contributed by atoms with Crippen LogP contribution in [0, 0.1) is 0 Å². The highest BCUT2D eigenvalue weighted by atomic mass is 32.2. The normalized spacial score (nSPS) is 15.1. The Labute approximate surface area is 188 Å². The number of methoxy groups -OCH3 is 3. The number of hydroxylamine groups is 1. The van der Waals surface area contributed by atoms with E-state index in [4.69, 9.17) is 24.2 Å². The summed E-state index contributed by atoms with van der Waals surface area (Å²) >= 11 is 0. The lowest BCUT2D eigenvalue weighted by Gasteiger charge is -2.32. The molecule has 176 valence electrons. The second-order valence-electron chi connectivity index (χ2n) is 7.02. The molecular formula is C21H28N2O8S. The molecule has 2 aromatic rings. The Morgan fingerprint density at radius 1 is 1.06 bits per heavy atom. The molecule has 11 heteroatoms. The Morgan fingerprint density at radius 3 is 2.34 bits per heavy atom. The molecule has 3 rings (SSSR count). The molecule has 2 N–H and O–H groups in total. The summed E-state index contributed by atoms with van der Waals surface area (Å²) < 4.78 is 49.5. The predicted octanol–water partition coefficient (Wildman–Crippen LogP) is 2.31. The highest BCUT2D eigenvalue weighted by Crippen LogP contribution is 2.37. The third kappa shape index (κ3) is 4.74. The lowest BCUT2D eigenvalue weighted by molar-refractivity contribution is 0.0698.